The van der Waals surface area contributed by atoms with E-state index in [1.165, 1.54) is 6.33 Å². The fourth-order valence-corrected chi connectivity index (χ4v) is 4.38. The second kappa shape index (κ2) is 6.44. The predicted molar refractivity (Wildman–Crippen MR) is 99.5 cm³/mol. The summed E-state index contributed by atoms with van der Waals surface area (Å²) >= 11 is 0. The molecular formula is C21H18N4O2. The summed E-state index contributed by atoms with van der Waals surface area (Å²) in [7, 11) is 0. The van der Waals surface area contributed by atoms with E-state index in [4.69, 9.17) is 6.57 Å². The van der Waals surface area contributed by atoms with Crippen LogP contribution in [0, 0.1) is 18.4 Å². The molecule has 0 saturated carbocycles. The average molecular weight is 358 g/mol. The van der Waals surface area contributed by atoms with E-state index < -0.39 is 11.3 Å². The molecule has 1 amide bonds. The first kappa shape index (κ1) is 17.1. The lowest BCUT2D eigenvalue weighted by molar-refractivity contribution is -0.130. The molecule has 1 aliphatic heterocycles. The van der Waals surface area contributed by atoms with Gasteiger partial charge in [0.15, 0.2) is 5.78 Å². The molecule has 0 N–H and O–H groups in total. The standard InChI is InChI=1S/C21H18N4O2/c1-14-16-9-11-25(18-8-10-23-13-24-18)20(27)21(16,12-17(22-2)19(14)26)15-6-4-3-5-7-15/h3-8,10,12-14,16H,9,11H2,1H3/t14-,16-,21+/m0/s1. The molecular weight excluding hydrogens is 340 g/mol. The average Bonchev–Trinajstić information content (AvgIpc) is 2.72. The third-order valence-electron chi connectivity index (χ3n) is 5.70. The summed E-state index contributed by atoms with van der Waals surface area (Å²) in [4.78, 5) is 39.7. The first-order chi connectivity index (χ1) is 13.1. The Morgan fingerprint density at radius 1 is 1.22 bits per heavy atom. The quantitative estimate of drug-likeness (QED) is 0.774. The Balaban J connectivity index is 1.94. The zero-order valence-electron chi connectivity index (χ0n) is 14.9. The van der Waals surface area contributed by atoms with Crippen molar-refractivity contribution in [2.24, 2.45) is 11.8 Å². The Morgan fingerprint density at radius 2 is 2.00 bits per heavy atom. The van der Waals surface area contributed by atoms with Gasteiger partial charge in [-0.3, -0.25) is 9.69 Å². The molecule has 27 heavy (non-hydrogen) atoms. The summed E-state index contributed by atoms with van der Waals surface area (Å²) in [6.45, 7) is 9.75. The molecule has 6 heteroatoms. The van der Waals surface area contributed by atoms with Crippen LogP contribution in [0.15, 0.2) is 60.7 Å². The van der Waals surface area contributed by atoms with Crippen LogP contribution >= 0.6 is 0 Å². The molecule has 1 aromatic carbocycles. The van der Waals surface area contributed by atoms with Gasteiger partial charge in [-0.1, -0.05) is 43.3 Å². The van der Waals surface area contributed by atoms with Gasteiger partial charge in [0.05, 0.1) is 12.0 Å². The zero-order chi connectivity index (χ0) is 19.0. The van der Waals surface area contributed by atoms with Crippen molar-refractivity contribution in [1.82, 2.24) is 9.97 Å². The number of aromatic nitrogens is 2. The molecule has 2 aliphatic rings. The van der Waals surface area contributed by atoms with Crippen LogP contribution in [0.5, 0.6) is 0 Å². The van der Waals surface area contributed by atoms with E-state index in [-0.39, 0.29) is 23.3 Å². The van der Waals surface area contributed by atoms with Crippen LogP contribution in [0.3, 0.4) is 0 Å². The number of fused-ring (bicyclic) bond motifs is 1. The summed E-state index contributed by atoms with van der Waals surface area (Å²) < 4.78 is 0. The number of carbonyl (C=O) groups is 2. The lowest BCUT2D eigenvalue weighted by Gasteiger charge is -2.49. The Bertz CT molecular complexity index is 965. The second-order valence-electron chi connectivity index (χ2n) is 6.95. The molecule has 0 radical (unpaired) electrons. The van der Waals surface area contributed by atoms with E-state index in [0.717, 1.165) is 5.56 Å². The van der Waals surface area contributed by atoms with Crippen molar-refractivity contribution in [1.29, 1.82) is 0 Å². The largest absolute Gasteiger partial charge is 0.308 e. The first-order valence-electron chi connectivity index (χ1n) is 8.87. The van der Waals surface area contributed by atoms with Gasteiger partial charge < -0.3 is 4.79 Å². The minimum atomic E-state index is -1.04. The highest BCUT2D eigenvalue weighted by molar-refractivity contribution is 6.09. The normalized spacial score (nSPS) is 27.6. The van der Waals surface area contributed by atoms with E-state index in [1.54, 1.807) is 23.2 Å². The maximum absolute atomic E-state index is 13.8. The molecule has 0 bridgehead atoms. The minimum Gasteiger partial charge on any atom is -0.308 e. The summed E-state index contributed by atoms with van der Waals surface area (Å²) in [5.74, 6) is -0.376. The van der Waals surface area contributed by atoms with Crippen molar-refractivity contribution in [2.75, 3.05) is 11.4 Å². The Morgan fingerprint density at radius 3 is 2.67 bits per heavy atom. The number of carbonyl (C=O) groups excluding carboxylic acids is 2. The van der Waals surface area contributed by atoms with E-state index in [1.807, 2.05) is 37.3 Å². The number of Topliss-reactive ketones (excluding diaryl/α,β-unsaturated/α-hetero) is 1. The van der Waals surface area contributed by atoms with Gasteiger partial charge in [-0.2, -0.15) is 0 Å². The molecule has 134 valence electrons. The maximum atomic E-state index is 13.8. The second-order valence-corrected chi connectivity index (χ2v) is 6.95. The molecule has 1 fully saturated rings. The molecule has 3 atom stereocenters. The molecule has 0 unspecified atom stereocenters. The van der Waals surface area contributed by atoms with Crippen LogP contribution in [0.2, 0.25) is 0 Å². The lowest BCUT2D eigenvalue weighted by atomic mass is 9.58. The molecule has 1 aromatic heterocycles. The number of benzene rings is 1. The Kier molecular flexibility index (Phi) is 4.08. The molecule has 1 aliphatic carbocycles. The maximum Gasteiger partial charge on any atom is 0.241 e. The highest BCUT2D eigenvalue weighted by atomic mass is 16.2. The van der Waals surface area contributed by atoms with Crippen molar-refractivity contribution >= 4 is 17.5 Å². The first-order valence-corrected chi connectivity index (χ1v) is 8.87. The third-order valence-corrected chi connectivity index (χ3v) is 5.70. The number of anilines is 1. The van der Waals surface area contributed by atoms with Crippen LogP contribution in [0.25, 0.3) is 4.85 Å². The van der Waals surface area contributed by atoms with Crippen molar-refractivity contribution < 1.29 is 9.59 Å². The highest BCUT2D eigenvalue weighted by Gasteiger charge is 2.56. The van der Waals surface area contributed by atoms with Crippen LogP contribution in [0.1, 0.15) is 18.9 Å². The van der Waals surface area contributed by atoms with E-state index in [0.29, 0.717) is 18.8 Å². The number of hydrogen-bond donors (Lipinski definition) is 0. The van der Waals surface area contributed by atoms with Gasteiger partial charge in [-0.25, -0.2) is 14.8 Å². The van der Waals surface area contributed by atoms with Crippen LogP contribution in [0.4, 0.5) is 5.82 Å². The van der Waals surface area contributed by atoms with Gasteiger partial charge in [-0.15, -0.1) is 0 Å². The molecule has 6 nitrogen and oxygen atoms in total. The summed E-state index contributed by atoms with van der Waals surface area (Å²) in [6, 6.07) is 11.1. The number of ketones is 1. The van der Waals surface area contributed by atoms with Crippen LogP contribution in [-0.2, 0) is 15.0 Å². The van der Waals surface area contributed by atoms with E-state index in [9.17, 15) is 9.59 Å². The van der Waals surface area contributed by atoms with Gasteiger partial charge in [0, 0.05) is 18.7 Å². The summed E-state index contributed by atoms with van der Waals surface area (Å²) in [5, 5.41) is 0. The Hall–Kier alpha value is -3.33. The van der Waals surface area contributed by atoms with Crippen LogP contribution in [-0.4, -0.2) is 28.2 Å². The molecule has 1 saturated heterocycles. The summed E-state index contributed by atoms with van der Waals surface area (Å²) in [5.41, 5.74) is -0.197. The van der Waals surface area contributed by atoms with Crippen LogP contribution < -0.4 is 4.90 Å². The van der Waals surface area contributed by atoms with Gasteiger partial charge in [0.1, 0.15) is 12.1 Å². The van der Waals surface area contributed by atoms with E-state index in [2.05, 4.69) is 14.8 Å². The topological polar surface area (TPSA) is 67.5 Å². The molecule has 2 aromatic rings. The van der Waals surface area contributed by atoms with Gasteiger partial charge in [0.2, 0.25) is 11.6 Å². The molecule has 4 rings (SSSR count). The fraction of sp³-hybridized carbons (Fsp3) is 0.286. The van der Waals surface area contributed by atoms with Gasteiger partial charge in [-0.05, 0) is 24.0 Å². The SMILES string of the molecule is [C-]#[N+]C1=C[C@]2(c3ccccc3)C(=O)N(c3ccncn3)CC[C@H]2[C@H](C)C1=O. The van der Waals surface area contributed by atoms with Crippen molar-refractivity contribution in [2.45, 2.75) is 18.8 Å². The number of nitrogens with zero attached hydrogens (tertiary/aromatic N) is 4. The number of amides is 1. The zero-order valence-corrected chi connectivity index (χ0v) is 14.9. The van der Waals surface area contributed by atoms with Crippen molar-refractivity contribution in [3.63, 3.8) is 0 Å². The lowest BCUT2D eigenvalue weighted by Crippen LogP contribution is -2.60. The monoisotopic (exact) mass is 358 g/mol. The van der Waals surface area contributed by atoms with Gasteiger partial charge in [0.25, 0.3) is 0 Å². The van der Waals surface area contributed by atoms with Crippen molar-refractivity contribution in [3.8, 4) is 0 Å². The third kappa shape index (κ3) is 2.47. The highest BCUT2D eigenvalue weighted by Crippen LogP contribution is 2.49. The summed E-state index contributed by atoms with van der Waals surface area (Å²) in [6.07, 6.45) is 5.26. The molecule has 2 heterocycles. The fourth-order valence-electron chi connectivity index (χ4n) is 4.38. The molecule has 0 spiro atoms. The number of hydrogen-bond acceptors (Lipinski definition) is 4. The van der Waals surface area contributed by atoms with Crippen molar-refractivity contribution in [3.05, 3.63) is 77.7 Å². The van der Waals surface area contributed by atoms with Gasteiger partial charge >= 0.3 is 0 Å². The van der Waals surface area contributed by atoms with E-state index >= 15 is 0 Å². The minimum absolute atomic E-state index is 0.0421. The number of piperidine rings is 1. The number of allylic oxidation sites excluding steroid dienone is 1. The Labute approximate surface area is 157 Å². The smallest absolute Gasteiger partial charge is 0.241 e. The predicted octanol–water partition coefficient (Wildman–Crippen LogP) is 2.79. The number of rotatable bonds is 2.